The molecule has 110 valence electrons. The largest absolute Gasteiger partial charge is 0.445 e. The van der Waals surface area contributed by atoms with Crippen molar-refractivity contribution in [3.63, 3.8) is 0 Å². The molecule has 6 heteroatoms. The first kappa shape index (κ1) is 14.7. The number of aliphatic hydroxyl groups is 1. The number of rotatable bonds is 4. The van der Waals surface area contributed by atoms with Crippen molar-refractivity contribution in [1.82, 2.24) is 4.90 Å². The van der Waals surface area contributed by atoms with Crippen LogP contribution < -0.4 is 0 Å². The zero-order valence-electron chi connectivity index (χ0n) is 11.0. The summed E-state index contributed by atoms with van der Waals surface area (Å²) in [7, 11) is 0. The minimum Gasteiger partial charge on any atom is -0.445 e. The highest BCUT2D eigenvalue weighted by atomic mass is 19.3. The molecule has 1 heterocycles. The molecule has 4 nitrogen and oxygen atoms in total. The Morgan fingerprint density at radius 1 is 1.40 bits per heavy atom. The average Bonchev–Trinajstić information content (AvgIpc) is 2.96. The second kappa shape index (κ2) is 6.17. The molecule has 1 fully saturated rings. The molecule has 1 aliphatic heterocycles. The molecule has 1 N–H and O–H groups in total. The van der Waals surface area contributed by atoms with Crippen LogP contribution >= 0.6 is 0 Å². The van der Waals surface area contributed by atoms with Gasteiger partial charge >= 0.3 is 6.09 Å². The fourth-order valence-corrected chi connectivity index (χ4v) is 2.21. The lowest BCUT2D eigenvalue weighted by atomic mass is 10.0. The minimum atomic E-state index is -3.14. The van der Waals surface area contributed by atoms with Crippen molar-refractivity contribution in [2.24, 2.45) is 5.92 Å². The average molecular weight is 285 g/mol. The molecule has 0 aromatic heterocycles. The molecule has 20 heavy (non-hydrogen) atoms. The van der Waals surface area contributed by atoms with Crippen LogP contribution in [0.1, 0.15) is 12.0 Å². The number of halogens is 2. The normalized spacial score (nSPS) is 19.1. The van der Waals surface area contributed by atoms with Gasteiger partial charge in [-0.05, 0) is 12.0 Å². The molecular weight excluding hydrogens is 268 g/mol. The van der Waals surface area contributed by atoms with Gasteiger partial charge in [0.05, 0.1) is 0 Å². The molecule has 0 spiro atoms. The Labute approximate surface area is 116 Å². The van der Waals surface area contributed by atoms with E-state index in [4.69, 9.17) is 9.84 Å². The molecule has 0 saturated carbocycles. The molecule has 1 atom stereocenters. The third-order valence-electron chi connectivity index (χ3n) is 3.46. The van der Waals surface area contributed by atoms with Gasteiger partial charge in [-0.2, -0.15) is 0 Å². The third kappa shape index (κ3) is 3.45. The van der Waals surface area contributed by atoms with Crippen LogP contribution in [0.5, 0.6) is 0 Å². The molecule has 0 aliphatic carbocycles. The first-order chi connectivity index (χ1) is 9.53. The van der Waals surface area contributed by atoms with Crippen molar-refractivity contribution in [2.75, 3.05) is 19.7 Å². The second-order valence-electron chi connectivity index (χ2n) is 4.89. The van der Waals surface area contributed by atoms with Gasteiger partial charge in [-0.15, -0.1) is 0 Å². The molecular formula is C14H17F2NO3. The zero-order chi connectivity index (χ0) is 14.6. The predicted molar refractivity (Wildman–Crippen MR) is 68.3 cm³/mol. The quantitative estimate of drug-likeness (QED) is 0.923. The third-order valence-corrected chi connectivity index (χ3v) is 3.46. The Morgan fingerprint density at radius 2 is 2.10 bits per heavy atom. The minimum absolute atomic E-state index is 0.0822. The van der Waals surface area contributed by atoms with Gasteiger partial charge in [0, 0.05) is 19.0 Å². The Morgan fingerprint density at radius 3 is 2.75 bits per heavy atom. The van der Waals surface area contributed by atoms with Crippen molar-refractivity contribution >= 4 is 6.09 Å². The van der Waals surface area contributed by atoms with Gasteiger partial charge in [-0.25, -0.2) is 13.6 Å². The molecule has 2 rings (SSSR count). The van der Waals surface area contributed by atoms with E-state index in [1.54, 1.807) is 0 Å². The smallest absolute Gasteiger partial charge is 0.410 e. The summed E-state index contributed by atoms with van der Waals surface area (Å²) in [5, 5.41) is 8.65. The highest BCUT2D eigenvalue weighted by Crippen LogP contribution is 2.32. The van der Waals surface area contributed by atoms with Gasteiger partial charge in [0.25, 0.3) is 5.92 Å². The number of benzene rings is 1. The van der Waals surface area contributed by atoms with Crippen LogP contribution in [0.25, 0.3) is 0 Å². The maximum atomic E-state index is 13.3. The topological polar surface area (TPSA) is 49.8 Å². The number of aliphatic hydroxyl groups excluding tert-OH is 1. The lowest BCUT2D eigenvalue weighted by molar-refractivity contribution is -0.0933. The first-order valence-corrected chi connectivity index (χ1v) is 6.47. The van der Waals surface area contributed by atoms with E-state index in [0.29, 0.717) is 0 Å². The zero-order valence-corrected chi connectivity index (χ0v) is 11.0. The number of likely N-dealkylation sites (tertiary alicyclic amines) is 1. The number of alkyl halides is 2. The summed E-state index contributed by atoms with van der Waals surface area (Å²) in [6.45, 7) is -0.920. The van der Waals surface area contributed by atoms with Crippen LogP contribution in [0, 0.1) is 5.92 Å². The number of hydrogen-bond acceptors (Lipinski definition) is 3. The SMILES string of the molecule is O=C(OCc1ccccc1)N1CCC(C(F)(F)CO)C1. The molecule has 0 radical (unpaired) electrons. The standard InChI is InChI=1S/C14H17F2NO3/c15-14(16,10-18)12-6-7-17(8-12)13(19)20-9-11-4-2-1-3-5-11/h1-5,12,18H,6-10H2. The van der Waals surface area contributed by atoms with Crippen LogP contribution in [-0.4, -0.2) is 41.7 Å². The van der Waals surface area contributed by atoms with Crippen LogP contribution in [0.3, 0.4) is 0 Å². The van der Waals surface area contributed by atoms with E-state index >= 15 is 0 Å². The fraction of sp³-hybridized carbons (Fsp3) is 0.500. The number of ether oxygens (including phenoxy) is 1. The van der Waals surface area contributed by atoms with Gasteiger partial charge in [0.2, 0.25) is 0 Å². The van der Waals surface area contributed by atoms with Crippen LogP contribution in [0.4, 0.5) is 13.6 Å². The Hall–Kier alpha value is -1.69. The van der Waals surface area contributed by atoms with E-state index in [9.17, 15) is 13.6 Å². The highest BCUT2D eigenvalue weighted by Gasteiger charge is 2.44. The van der Waals surface area contributed by atoms with Gasteiger partial charge in [-0.1, -0.05) is 30.3 Å². The molecule has 1 amide bonds. The monoisotopic (exact) mass is 285 g/mol. The Kier molecular flexibility index (Phi) is 4.54. The summed E-state index contributed by atoms with van der Waals surface area (Å²) in [5.41, 5.74) is 0.845. The summed E-state index contributed by atoms with van der Waals surface area (Å²) < 4.78 is 31.7. The maximum absolute atomic E-state index is 13.3. The van der Waals surface area contributed by atoms with E-state index < -0.39 is 24.5 Å². The number of nitrogens with zero attached hydrogens (tertiary/aromatic N) is 1. The van der Waals surface area contributed by atoms with Gasteiger partial charge in [0.1, 0.15) is 13.2 Å². The molecule has 1 aromatic rings. The van der Waals surface area contributed by atoms with Crippen molar-refractivity contribution in [3.8, 4) is 0 Å². The molecule has 0 bridgehead atoms. The summed E-state index contributed by atoms with van der Waals surface area (Å²) in [6.07, 6.45) is -0.418. The van der Waals surface area contributed by atoms with Crippen LogP contribution in [-0.2, 0) is 11.3 Å². The number of carbonyl (C=O) groups is 1. The number of hydrogen-bond donors (Lipinski definition) is 1. The molecule has 1 unspecified atom stereocenters. The van der Waals surface area contributed by atoms with E-state index in [2.05, 4.69) is 0 Å². The molecule has 1 saturated heterocycles. The number of amides is 1. The highest BCUT2D eigenvalue weighted by molar-refractivity contribution is 5.68. The molecule has 1 aromatic carbocycles. The molecule has 1 aliphatic rings. The number of carbonyl (C=O) groups excluding carboxylic acids is 1. The van der Waals surface area contributed by atoms with Gasteiger partial charge in [0.15, 0.2) is 0 Å². The van der Waals surface area contributed by atoms with E-state index in [1.807, 2.05) is 30.3 Å². The maximum Gasteiger partial charge on any atom is 0.410 e. The van der Waals surface area contributed by atoms with E-state index in [1.165, 1.54) is 4.90 Å². The lowest BCUT2D eigenvalue weighted by Crippen LogP contribution is -2.36. The predicted octanol–water partition coefficient (Wildman–Crippen LogP) is 2.27. The van der Waals surface area contributed by atoms with Crippen molar-refractivity contribution in [1.29, 1.82) is 0 Å². The van der Waals surface area contributed by atoms with Crippen LogP contribution in [0.2, 0.25) is 0 Å². The summed E-state index contributed by atoms with van der Waals surface area (Å²) >= 11 is 0. The summed E-state index contributed by atoms with van der Waals surface area (Å²) in [4.78, 5) is 13.0. The Balaban J connectivity index is 1.83. The van der Waals surface area contributed by atoms with Crippen molar-refractivity contribution in [3.05, 3.63) is 35.9 Å². The summed E-state index contributed by atoms with van der Waals surface area (Å²) in [5.74, 6) is -4.15. The lowest BCUT2D eigenvalue weighted by Gasteiger charge is -2.21. The van der Waals surface area contributed by atoms with Crippen molar-refractivity contribution < 1.29 is 23.4 Å². The van der Waals surface area contributed by atoms with Crippen molar-refractivity contribution in [2.45, 2.75) is 19.0 Å². The van der Waals surface area contributed by atoms with Gasteiger partial charge < -0.3 is 14.7 Å². The van der Waals surface area contributed by atoms with Crippen LogP contribution in [0.15, 0.2) is 30.3 Å². The van der Waals surface area contributed by atoms with E-state index in [0.717, 1.165) is 5.56 Å². The van der Waals surface area contributed by atoms with E-state index in [-0.39, 0.29) is 26.1 Å². The second-order valence-corrected chi connectivity index (χ2v) is 4.89. The van der Waals surface area contributed by atoms with Gasteiger partial charge in [-0.3, -0.25) is 0 Å². The first-order valence-electron chi connectivity index (χ1n) is 6.47. The Bertz CT molecular complexity index is 453. The fourth-order valence-electron chi connectivity index (χ4n) is 2.21. The summed E-state index contributed by atoms with van der Waals surface area (Å²) in [6, 6.07) is 9.15.